The van der Waals surface area contributed by atoms with E-state index in [1.165, 1.54) is 21.7 Å². The Morgan fingerprint density at radius 2 is 1.83 bits per heavy atom. The lowest BCUT2D eigenvalue weighted by Crippen LogP contribution is -2.36. The van der Waals surface area contributed by atoms with E-state index in [1.54, 1.807) is 26.2 Å². The molecule has 0 bridgehead atoms. The lowest BCUT2D eigenvalue weighted by atomic mass is 10.1. The van der Waals surface area contributed by atoms with Gasteiger partial charge in [-0.1, -0.05) is 29.5 Å². The minimum atomic E-state index is -4.48. The van der Waals surface area contributed by atoms with Gasteiger partial charge in [0, 0.05) is 29.7 Å². The number of hydrogen-bond donors (Lipinski definition) is 0. The monoisotopic (exact) mass is 497 g/mol. The van der Waals surface area contributed by atoms with E-state index in [0.717, 1.165) is 22.9 Å². The van der Waals surface area contributed by atoms with Crippen molar-refractivity contribution in [2.75, 3.05) is 13.2 Å². The van der Waals surface area contributed by atoms with Crippen molar-refractivity contribution in [3.8, 4) is 5.69 Å². The molecule has 36 heavy (non-hydrogen) atoms. The summed E-state index contributed by atoms with van der Waals surface area (Å²) in [4.78, 5) is 31.0. The zero-order valence-corrected chi connectivity index (χ0v) is 19.5. The molecule has 0 aliphatic rings. The molecule has 2 aromatic heterocycles. The third-order valence-electron chi connectivity index (χ3n) is 5.55. The van der Waals surface area contributed by atoms with Crippen LogP contribution in [0.2, 0.25) is 0 Å². The number of rotatable bonds is 7. The first kappa shape index (κ1) is 24.8. The fourth-order valence-corrected chi connectivity index (χ4v) is 3.78. The summed E-state index contributed by atoms with van der Waals surface area (Å²) in [6.45, 7) is 2.90. The molecule has 11 heteroatoms. The highest BCUT2D eigenvalue weighted by Crippen LogP contribution is 2.29. The van der Waals surface area contributed by atoms with Gasteiger partial charge in [0.05, 0.1) is 23.6 Å². The van der Waals surface area contributed by atoms with E-state index >= 15 is 0 Å². The van der Waals surface area contributed by atoms with Crippen LogP contribution >= 0.6 is 0 Å². The number of esters is 1. The number of hydrogen-bond acceptors (Lipinski definition) is 6. The summed E-state index contributed by atoms with van der Waals surface area (Å²) in [6.07, 6.45) is -1.12. The van der Waals surface area contributed by atoms with Crippen LogP contribution < -0.4 is 0 Å². The number of halogens is 3. The molecular formula is C25H22F3N5O3. The molecule has 2 heterocycles. The molecule has 0 spiro atoms. The van der Waals surface area contributed by atoms with Crippen molar-refractivity contribution in [1.29, 1.82) is 0 Å². The zero-order valence-electron chi connectivity index (χ0n) is 19.5. The largest absolute Gasteiger partial charge is 0.465 e. The van der Waals surface area contributed by atoms with Crippen molar-refractivity contribution < 1.29 is 27.5 Å². The van der Waals surface area contributed by atoms with Crippen LogP contribution in [0.1, 0.15) is 34.2 Å². The summed E-state index contributed by atoms with van der Waals surface area (Å²) >= 11 is 0. The highest BCUT2D eigenvalue weighted by atomic mass is 19.4. The standard InChI is InChI=1S/C25H22F3N5O3/c1-3-36-22(34)15-32(14-17-7-9-19(10-8-17)25(26,27)28)24(35)23-16(2)33(31-30-23)21-6-4-5-18-13-29-12-11-20(18)21/h4-13H,3,14-15H2,1-2H3. The fraction of sp³-hybridized carbons (Fsp3) is 0.240. The molecule has 0 fully saturated rings. The Morgan fingerprint density at radius 3 is 2.53 bits per heavy atom. The molecule has 2 aromatic carbocycles. The van der Waals surface area contributed by atoms with Gasteiger partial charge in [0.2, 0.25) is 0 Å². The van der Waals surface area contributed by atoms with Crippen LogP contribution in [-0.2, 0) is 22.3 Å². The third-order valence-corrected chi connectivity index (χ3v) is 5.55. The number of ether oxygens (including phenoxy) is 1. The molecule has 0 aliphatic heterocycles. The Labute approximate surface area is 204 Å². The van der Waals surface area contributed by atoms with E-state index in [9.17, 15) is 22.8 Å². The van der Waals surface area contributed by atoms with Crippen molar-refractivity contribution in [3.63, 3.8) is 0 Å². The molecule has 0 saturated carbocycles. The van der Waals surface area contributed by atoms with Gasteiger partial charge in [-0.3, -0.25) is 14.6 Å². The second kappa shape index (κ2) is 10.1. The molecule has 0 saturated heterocycles. The van der Waals surface area contributed by atoms with Crippen molar-refractivity contribution in [1.82, 2.24) is 24.9 Å². The molecule has 4 aromatic rings. The molecule has 1 amide bonds. The average molecular weight is 497 g/mol. The summed E-state index contributed by atoms with van der Waals surface area (Å²) in [5, 5.41) is 9.96. The van der Waals surface area contributed by atoms with E-state index in [4.69, 9.17) is 4.74 Å². The number of pyridine rings is 1. The molecule has 0 atom stereocenters. The molecule has 8 nitrogen and oxygen atoms in total. The first-order chi connectivity index (χ1) is 17.2. The Bertz CT molecular complexity index is 1400. The van der Waals surface area contributed by atoms with E-state index < -0.39 is 30.2 Å². The van der Waals surface area contributed by atoms with Gasteiger partial charge in [0.1, 0.15) is 6.54 Å². The number of benzene rings is 2. The van der Waals surface area contributed by atoms with Gasteiger partial charge in [-0.2, -0.15) is 13.2 Å². The average Bonchev–Trinajstić information content (AvgIpc) is 3.23. The Hall–Kier alpha value is -4.28. The van der Waals surface area contributed by atoms with E-state index in [2.05, 4.69) is 15.3 Å². The minimum Gasteiger partial charge on any atom is -0.465 e. The van der Waals surface area contributed by atoms with Crippen LogP contribution in [0.4, 0.5) is 13.2 Å². The number of carbonyl (C=O) groups excluding carboxylic acids is 2. The number of carbonyl (C=O) groups is 2. The first-order valence-corrected chi connectivity index (χ1v) is 11.1. The lowest BCUT2D eigenvalue weighted by Gasteiger charge is -2.21. The predicted molar refractivity (Wildman–Crippen MR) is 124 cm³/mol. The van der Waals surface area contributed by atoms with Crippen LogP contribution in [-0.4, -0.2) is 49.9 Å². The van der Waals surface area contributed by atoms with Crippen LogP contribution in [0.15, 0.2) is 60.9 Å². The van der Waals surface area contributed by atoms with Gasteiger partial charge < -0.3 is 9.64 Å². The quantitative estimate of drug-likeness (QED) is 0.353. The lowest BCUT2D eigenvalue weighted by molar-refractivity contribution is -0.144. The fourth-order valence-electron chi connectivity index (χ4n) is 3.78. The van der Waals surface area contributed by atoms with E-state index in [1.807, 2.05) is 24.3 Å². The molecule has 0 unspecified atom stereocenters. The van der Waals surface area contributed by atoms with Crippen LogP contribution in [0.5, 0.6) is 0 Å². The smallest absolute Gasteiger partial charge is 0.416 e. The van der Waals surface area contributed by atoms with Gasteiger partial charge in [-0.15, -0.1) is 5.10 Å². The SMILES string of the molecule is CCOC(=O)CN(Cc1ccc(C(F)(F)F)cc1)C(=O)c1nnn(-c2cccc3cnccc23)c1C. The maximum atomic E-state index is 13.5. The second-order valence-corrected chi connectivity index (χ2v) is 7.97. The highest BCUT2D eigenvalue weighted by molar-refractivity contribution is 5.96. The summed E-state index contributed by atoms with van der Waals surface area (Å²) < 4.78 is 45.3. The summed E-state index contributed by atoms with van der Waals surface area (Å²) in [6, 6.07) is 11.8. The topological polar surface area (TPSA) is 90.2 Å². The van der Waals surface area contributed by atoms with Crippen LogP contribution in [0.25, 0.3) is 16.5 Å². The van der Waals surface area contributed by atoms with Crippen molar-refractivity contribution in [2.45, 2.75) is 26.6 Å². The number of alkyl halides is 3. The third kappa shape index (κ3) is 5.19. The molecule has 4 rings (SSSR count). The molecule has 186 valence electrons. The number of nitrogens with zero attached hydrogens (tertiary/aromatic N) is 5. The Balaban J connectivity index is 1.66. The van der Waals surface area contributed by atoms with Gasteiger partial charge in [0.15, 0.2) is 5.69 Å². The van der Waals surface area contributed by atoms with Gasteiger partial charge in [-0.25, -0.2) is 4.68 Å². The Kier molecular flexibility index (Phi) is 7.00. The van der Waals surface area contributed by atoms with E-state index in [0.29, 0.717) is 16.9 Å². The maximum absolute atomic E-state index is 13.5. The van der Waals surface area contributed by atoms with E-state index in [-0.39, 0.29) is 18.8 Å². The number of aromatic nitrogens is 4. The van der Waals surface area contributed by atoms with Gasteiger partial charge >= 0.3 is 12.1 Å². The molecule has 0 aliphatic carbocycles. The predicted octanol–water partition coefficient (Wildman–Crippen LogP) is 4.35. The zero-order chi connectivity index (χ0) is 25.9. The molecule has 0 N–H and O–H groups in total. The second-order valence-electron chi connectivity index (χ2n) is 7.97. The summed E-state index contributed by atoms with van der Waals surface area (Å²) in [7, 11) is 0. The summed E-state index contributed by atoms with van der Waals surface area (Å²) in [5.74, 6) is -1.25. The number of amides is 1. The van der Waals surface area contributed by atoms with Crippen LogP contribution in [0, 0.1) is 6.92 Å². The van der Waals surface area contributed by atoms with Crippen LogP contribution in [0.3, 0.4) is 0 Å². The minimum absolute atomic E-state index is 0.0114. The number of fused-ring (bicyclic) bond motifs is 1. The molecule has 0 radical (unpaired) electrons. The van der Waals surface area contributed by atoms with Crippen molar-refractivity contribution >= 4 is 22.6 Å². The van der Waals surface area contributed by atoms with Gasteiger partial charge in [-0.05, 0) is 43.7 Å². The maximum Gasteiger partial charge on any atom is 0.416 e. The summed E-state index contributed by atoms with van der Waals surface area (Å²) in [5.41, 5.74) is 0.743. The van der Waals surface area contributed by atoms with Crippen molar-refractivity contribution in [3.05, 3.63) is 83.4 Å². The highest BCUT2D eigenvalue weighted by Gasteiger charge is 2.30. The molecular weight excluding hydrogens is 475 g/mol. The van der Waals surface area contributed by atoms with Gasteiger partial charge in [0.25, 0.3) is 5.91 Å². The first-order valence-electron chi connectivity index (χ1n) is 11.1. The van der Waals surface area contributed by atoms with Crippen molar-refractivity contribution in [2.24, 2.45) is 0 Å². The Morgan fingerprint density at radius 1 is 1.08 bits per heavy atom. The normalized spacial score (nSPS) is 11.5.